The monoisotopic (exact) mass is 527 g/mol. The van der Waals surface area contributed by atoms with Gasteiger partial charge < -0.3 is 4.57 Å². The van der Waals surface area contributed by atoms with Gasteiger partial charge in [0, 0.05) is 24.0 Å². The van der Waals surface area contributed by atoms with Gasteiger partial charge in [0.1, 0.15) is 0 Å². The van der Waals surface area contributed by atoms with Crippen LogP contribution in [0, 0.1) is 0 Å². The summed E-state index contributed by atoms with van der Waals surface area (Å²) in [4.78, 5) is 0. The number of hydrogen-bond donors (Lipinski definition) is 0. The minimum atomic E-state index is -4.54. The van der Waals surface area contributed by atoms with Crippen molar-refractivity contribution in [1.82, 2.24) is 4.57 Å². The lowest BCUT2D eigenvalue weighted by Crippen LogP contribution is -2.19. The van der Waals surface area contributed by atoms with Crippen molar-refractivity contribution in [3.05, 3.63) is 110 Å². The molecule has 0 fully saturated rings. The second-order valence-electron chi connectivity index (χ2n) is 7.59. The van der Waals surface area contributed by atoms with E-state index in [0.29, 0.717) is 17.1 Å². The number of benzene rings is 3. The van der Waals surface area contributed by atoms with E-state index in [0.717, 1.165) is 22.4 Å². The Morgan fingerprint density at radius 3 is 1.97 bits per heavy atom. The van der Waals surface area contributed by atoms with Crippen LogP contribution in [0.4, 0.5) is 13.2 Å². The Hall–Kier alpha value is -2.11. The number of alkyl halides is 3. The van der Waals surface area contributed by atoms with Crippen molar-refractivity contribution in [2.24, 2.45) is 0 Å². The summed E-state index contributed by atoms with van der Waals surface area (Å²) >= 11 is 24.2. The highest BCUT2D eigenvalue weighted by Crippen LogP contribution is 2.41. The first-order chi connectivity index (χ1) is 15.6. The van der Waals surface area contributed by atoms with E-state index in [4.69, 9.17) is 46.4 Å². The number of aromatic nitrogens is 1. The molecule has 33 heavy (non-hydrogen) atoms. The van der Waals surface area contributed by atoms with Crippen LogP contribution in [0.5, 0.6) is 0 Å². The number of hydrogen-bond acceptors (Lipinski definition) is 0. The van der Waals surface area contributed by atoms with Crippen LogP contribution >= 0.6 is 46.4 Å². The minimum Gasteiger partial charge on any atom is -0.349 e. The summed E-state index contributed by atoms with van der Waals surface area (Å²) in [6, 6.07) is 15.5. The lowest BCUT2D eigenvalue weighted by atomic mass is 9.97. The molecule has 8 heteroatoms. The van der Waals surface area contributed by atoms with E-state index in [1.165, 1.54) is 18.2 Å². The van der Waals surface area contributed by atoms with Crippen molar-refractivity contribution in [1.29, 1.82) is 0 Å². The van der Waals surface area contributed by atoms with Crippen LogP contribution in [-0.2, 0) is 6.54 Å². The lowest BCUT2D eigenvalue weighted by molar-refractivity contribution is -0.139. The van der Waals surface area contributed by atoms with E-state index in [1.54, 1.807) is 12.1 Å². The zero-order valence-corrected chi connectivity index (χ0v) is 19.9. The van der Waals surface area contributed by atoms with Gasteiger partial charge in [0.25, 0.3) is 0 Å². The Bertz CT molecular complexity index is 1290. The van der Waals surface area contributed by atoms with Crippen molar-refractivity contribution in [2.75, 3.05) is 0 Å². The van der Waals surface area contributed by atoms with Gasteiger partial charge in [-0.15, -0.1) is 0 Å². The Balaban J connectivity index is 1.58. The molecule has 0 saturated carbocycles. The molecule has 1 atom stereocenters. The largest absolute Gasteiger partial charge is 0.399 e. The van der Waals surface area contributed by atoms with Crippen LogP contribution in [0.25, 0.3) is 16.8 Å². The number of nitrogens with zero attached hydrogens (tertiary/aromatic N) is 1. The first kappa shape index (κ1) is 24.0. The zero-order valence-electron chi connectivity index (χ0n) is 16.9. The molecule has 0 saturated heterocycles. The SMILES string of the molecule is FC(F)(F)C(/C=C/c1ccc(Cn2cc3ccccc3c2)c(Cl)c1)c1cc(Cl)c(Cl)c(Cl)c1. The van der Waals surface area contributed by atoms with Crippen LogP contribution in [0.15, 0.2) is 73.1 Å². The number of fused-ring (bicyclic) bond motifs is 1. The average molecular weight is 529 g/mol. The van der Waals surface area contributed by atoms with Crippen molar-refractivity contribution < 1.29 is 13.2 Å². The summed E-state index contributed by atoms with van der Waals surface area (Å²) in [7, 11) is 0. The van der Waals surface area contributed by atoms with E-state index >= 15 is 0 Å². The summed E-state index contributed by atoms with van der Waals surface area (Å²) < 4.78 is 43.3. The minimum absolute atomic E-state index is 0.0185. The van der Waals surface area contributed by atoms with Gasteiger partial charge in [-0.05, 0) is 45.7 Å². The number of allylic oxidation sites excluding steroid dienone is 1. The van der Waals surface area contributed by atoms with Gasteiger partial charge in [0.2, 0.25) is 0 Å². The van der Waals surface area contributed by atoms with E-state index in [-0.39, 0.29) is 20.6 Å². The standard InChI is InChI=1S/C25H16Cl4F3N/c26-21-9-15(5-7-18(21)14-33-12-16-3-1-2-4-17(16)13-33)6-8-20(25(30,31)32)19-10-22(27)24(29)23(28)11-19/h1-13,20H,14H2/b8-6+. The van der Waals surface area contributed by atoms with Crippen molar-refractivity contribution in [2.45, 2.75) is 18.6 Å². The third kappa shape index (κ3) is 5.52. The van der Waals surface area contributed by atoms with Gasteiger partial charge in [-0.1, -0.05) is 95.0 Å². The van der Waals surface area contributed by atoms with Crippen molar-refractivity contribution in [3.63, 3.8) is 0 Å². The van der Waals surface area contributed by atoms with Crippen LogP contribution in [0.1, 0.15) is 22.6 Å². The Morgan fingerprint density at radius 1 is 0.818 bits per heavy atom. The zero-order chi connectivity index (χ0) is 23.8. The van der Waals surface area contributed by atoms with Crippen LogP contribution in [0.2, 0.25) is 20.1 Å². The average Bonchev–Trinajstić information content (AvgIpc) is 3.15. The molecular weight excluding hydrogens is 513 g/mol. The molecule has 1 aromatic heterocycles. The topological polar surface area (TPSA) is 4.93 Å². The second kappa shape index (κ2) is 9.63. The van der Waals surface area contributed by atoms with Crippen molar-refractivity contribution >= 4 is 63.3 Å². The fraction of sp³-hybridized carbons (Fsp3) is 0.120. The highest BCUT2D eigenvalue weighted by Gasteiger charge is 2.39. The van der Waals surface area contributed by atoms with E-state index < -0.39 is 12.1 Å². The molecule has 0 bridgehead atoms. The maximum atomic E-state index is 13.7. The predicted octanol–water partition coefficient (Wildman–Crippen LogP) is 9.66. The third-order valence-electron chi connectivity index (χ3n) is 5.23. The molecule has 0 aliphatic carbocycles. The molecule has 170 valence electrons. The first-order valence-corrected chi connectivity index (χ1v) is 11.4. The Morgan fingerprint density at radius 2 is 1.42 bits per heavy atom. The van der Waals surface area contributed by atoms with Crippen LogP contribution in [0.3, 0.4) is 0 Å². The molecule has 0 aliphatic rings. The normalized spacial score (nSPS) is 13.2. The summed E-state index contributed by atoms with van der Waals surface area (Å²) in [5.41, 5.74) is 1.31. The Kier molecular flexibility index (Phi) is 7.01. The van der Waals surface area contributed by atoms with Gasteiger partial charge in [0.05, 0.1) is 21.0 Å². The molecule has 0 amide bonds. The molecule has 0 spiro atoms. The van der Waals surface area contributed by atoms with Gasteiger partial charge in [-0.25, -0.2) is 0 Å². The maximum absolute atomic E-state index is 13.7. The molecule has 1 heterocycles. The molecule has 0 radical (unpaired) electrons. The molecule has 1 unspecified atom stereocenters. The smallest absolute Gasteiger partial charge is 0.349 e. The molecule has 0 aliphatic heterocycles. The van der Waals surface area contributed by atoms with Gasteiger partial charge >= 0.3 is 6.18 Å². The number of rotatable bonds is 5. The third-order valence-corrected chi connectivity index (χ3v) is 6.78. The Labute approximate surface area is 208 Å². The van der Waals surface area contributed by atoms with E-state index in [1.807, 2.05) is 47.3 Å². The molecule has 4 rings (SSSR count). The predicted molar refractivity (Wildman–Crippen MR) is 132 cm³/mol. The van der Waals surface area contributed by atoms with Crippen LogP contribution < -0.4 is 0 Å². The summed E-state index contributed by atoms with van der Waals surface area (Å²) in [5, 5.41) is 2.65. The molecule has 0 N–H and O–H groups in total. The summed E-state index contributed by atoms with van der Waals surface area (Å²) in [6.07, 6.45) is 1.94. The van der Waals surface area contributed by atoms with E-state index in [9.17, 15) is 13.2 Å². The van der Waals surface area contributed by atoms with Gasteiger partial charge in [-0.3, -0.25) is 0 Å². The summed E-state index contributed by atoms with van der Waals surface area (Å²) in [5.74, 6) is -1.91. The molecule has 3 aromatic carbocycles. The fourth-order valence-electron chi connectivity index (χ4n) is 3.60. The van der Waals surface area contributed by atoms with Crippen molar-refractivity contribution in [3.8, 4) is 0 Å². The maximum Gasteiger partial charge on any atom is 0.399 e. The summed E-state index contributed by atoms with van der Waals surface area (Å²) in [6.45, 7) is 0.546. The molecule has 1 nitrogen and oxygen atoms in total. The highest BCUT2D eigenvalue weighted by molar-refractivity contribution is 6.48. The number of halogens is 7. The highest BCUT2D eigenvalue weighted by atomic mass is 35.5. The first-order valence-electron chi connectivity index (χ1n) is 9.84. The van der Waals surface area contributed by atoms with Gasteiger partial charge in [0.15, 0.2) is 0 Å². The fourth-order valence-corrected chi connectivity index (χ4v) is 4.46. The van der Waals surface area contributed by atoms with Crippen LogP contribution in [-0.4, -0.2) is 10.7 Å². The molecular formula is C25H16Cl4F3N. The lowest BCUT2D eigenvalue weighted by Gasteiger charge is -2.18. The quantitative estimate of drug-likeness (QED) is 0.227. The molecule has 4 aromatic rings. The van der Waals surface area contributed by atoms with E-state index in [2.05, 4.69) is 0 Å². The second-order valence-corrected chi connectivity index (χ2v) is 9.19. The van der Waals surface area contributed by atoms with Gasteiger partial charge in [-0.2, -0.15) is 13.2 Å².